The molecule has 6 heteroatoms. The van der Waals surface area contributed by atoms with Crippen molar-refractivity contribution >= 4 is 11.9 Å². The lowest BCUT2D eigenvalue weighted by molar-refractivity contribution is 0.00253. The first-order valence-electron chi connectivity index (χ1n) is 9.26. The molecular formula is C20H28N2O4. The number of amides is 1. The van der Waals surface area contributed by atoms with E-state index < -0.39 is 5.60 Å². The lowest BCUT2D eigenvalue weighted by atomic mass is 9.84. The number of rotatable bonds is 3. The Morgan fingerprint density at radius 1 is 1.15 bits per heavy atom. The number of fused-ring (bicyclic) bond motifs is 2. The summed E-state index contributed by atoms with van der Waals surface area (Å²) in [4.78, 5) is 31.8. The number of Topliss-reactive ketones (excluding diaryl/α,β-unsaturated/α-hetero) is 1. The molecule has 0 spiro atoms. The number of aryl methyl sites for hydroxylation is 1. The fraction of sp³-hybridized carbons (Fsp3) is 0.650. The number of piperidine rings is 1. The standard InChI is InChI=1S/C20H28N2O4/c1-12-16(8-9-17(21-12)25-5)18(23)13-10-14-6-7-15(11-13)22(14)19(24)26-20(2,3)4/h8-9,13-15H,6-7,10-11H2,1-5H3. The number of methoxy groups -OCH3 is 1. The normalized spacial score (nSPS) is 25.1. The molecule has 3 heterocycles. The van der Waals surface area contributed by atoms with Crippen LogP contribution in [0.4, 0.5) is 4.79 Å². The number of hydrogen-bond acceptors (Lipinski definition) is 5. The third kappa shape index (κ3) is 3.69. The first-order chi connectivity index (χ1) is 12.2. The molecule has 142 valence electrons. The first kappa shape index (κ1) is 18.7. The molecule has 0 saturated carbocycles. The van der Waals surface area contributed by atoms with E-state index in [9.17, 15) is 9.59 Å². The van der Waals surface area contributed by atoms with Crippen LogP contribution in [-0.2, 0) is 4.74 Å². The van der Waals surface area contributed by atoms with Gasteiger partial charge in [-0.25, -0.2) is 9.78 Å². The summed E-state index contributed by atoms with van der Waals surface area (Å²) < 4.78 is 10.7. The molecule has 2 fully saturated rings. The minimum atomic E-state index is -0.505. The summed E-state index contributed by atoms with van der Waals surface area (Å²) in [6.45, 7) is 7.47. The Kier molecular flexibility index (Phi) is 4.95. The number of nitrogens with zero attached hydrogens (tertiary/aromatic N) is 2. The van der Waals surface area contributed by atoms with Crippen molar-refractivity contribution in [3.63, 3.8) is 0 Å². The highest BCUT2D eigenvalue weighted by Crippen LogP contribution is 2.40. The van der Waals surface area contributed by atoms with Crippen LogP contribution in [0, 0.1) is 12.8 Å². The summed E-state index contributed by atoms with van der Waals surface area (Å²) in [7, 11) is 1.56. The fourth-order valence-corrected chi connectivity index (χ4v) is 4.14. The monoisotopic (exact) mass is 360 g/mol. The van der Waals surface area contributed by atoms with Crippen molar-refractivity contribution < 1.29 is 19.1 Å². The van der Waals surface area contributed by atoms with Crippen LogP contribution in [0.25, 0.3) is 0 Å². The maximum atomic E-state index is 13.0. The van der Waals surface area contributed by atoms with Gasteiger partial charge in [0.25, 0.3) is 0 Å². The number of ketones is 1. The van der Waals surface area contributed by atoms with Crippen LogP contribution < -0.4 is 4.74 Å². The second kappa shape index (κ2) is 6.89. The SMILES string of the molecule is COc1ccc(C(=O)C2CC3CCC(C2)N3C(=O)OC(C)(C)C)c(C)n1. The van der Waals surface area contributed by atoms with Crippen molar-refractivity contribution in [3.05, 3.63) is 23.4 Å². The van der Waals surface area contributed by atoms with Crippen LogP contribution in [0.15, 0.2) is 12.1 Å². The van der Waals surface area contributed by atoms with Crippen molar-refractivity contribution in [2.75, 3.05) is 7.11 Å². The van der Waals surface area contributed by atoms with Gasteiger partial charge in [0.1, 0.15) is 5.60 Å². The summed E-state index contributed by atoms with van der Waals surface area (Å²) in [5.41, 5.74) is 0.840. The number of carbonyl (C=O) groups excluding carboxylic acids is 2. The molecule has 0 aliphatic carbocycles. The summed E-state index contributed by atoms with van der Waals surface area (Å²) in [5.74, 6) is 0.567. The molecule has 1 aromatic heterocycles. The smallest absolute Gasteiger partial charge is 0.410 e. The van der Waals surface area contributed by atoms with Gasteiger partial charge in [-0.15, -0.1) is 0 Å². The second-order valence-corrected chi connectivity index (χ2v) is 8.29. The minimum absolute atomic E-state index is 0.0694. The molecule has 2 saturated heterocycles. The van der Waals surface area contributed by atoms with Crippen molar-refractivity contribution in [2.24, 2.45) is 5.92 Å². The van der Waals surface area contributed by atoms with Crippen LogP contribution in [0.5, 0.6) is 5.88 Å². The topological polar surface area (TPSA) is 68.7 Å². The van der Waals surface area contributed by atoms with Gasteiger partial charge in [-0.2, -0.15) is 0 Å². The highest BCUT2D eigenvalue weighted by Gasteiger charge is 2.46. The lowest BCUT2D eigenvalue weighted by Crippen LogP contribution is -2.49. The highest BCUT2D eigenvalue weighted by atomic mass is 16.6. The molecular weight excluding hydrogens is 332 g/mol. The van der Waals surface area contributed by atoms with E-state index in [4.69, 9.17) is 9.47 Å². The van der Waals surface area contributed by atoms with E-state index >= 15 is 0 Å². The van der Waals surface area contributed by atoms with Crippen LogP contribution in [0.2, 0.25) is 0 Å². The zero-order valence-corrected chi connectivity index (χ0v) is 16.2. The largest absolute Gasteiger partial charge is 0.481 e. The third-order valence-electron chi connectivity index (χ3n) is 5.24. The van der Waals surface area contributed by atoms with Crippen LogP contribution in [-0.4, -0.2) is 46.6 Å². The lowest BCUT2D eigenvalue weighted by Gasteiger charge is -2.39. The molecule has 26 heavy (non-hydrogen) atoms. The van der Waals surface area contributed by atoms with E-state index in [1.54, 1.807) is 19.2 Å². The van der Waals surface area contributed by atoms with Gasteiger partial charge in [0.2, 0.25) is 5.88 Å². The number of aromatic nitrogens is 1. The van der Waals surface area contributed by atoms with E-state index in [0.29, 0.717) is 30.0 Å². The van der Waals surface area contributed by atoms with Crippen LogP contribution in [0.1, 0.15) is 62.5 Å². The van der Waals surface area contributed by atoms with Gasteiger partial charge < -0.3 is 14.4 Å². The van der Waals surface area contributed by atoms with Gasteiger partial charge in [-0.3, -0.25) is 4.79 Å². The zero-order chi connectivity index (χ0) is 19.1. The Labute approximate surface area is 154 Å². The molecule has 3 rings (SSSR count). The summed E-state index contributed by atoms with van der Waals surface area (Å²) in [6, 6.07) is 3.70. The van der Waals surface area contributed by atoms with Gasteiger partial charge >= 0.3 is 6.09 Å². The third-order valence-corrected chi connectivity index (χ3v) is 5.24. The molecule has 0 radical (unpaired) electrons. The molecule has 0 N–H and O–H groups in total. The van der Waals surface area contributed by atoms with Crippen molar-refractivity contribution in [1.29, 1.82) is 0 Å². The maximum Gasteiger partial charge on any atom is 0.410 e. The fourth-order valence-electron chi connectivity index (χ4n) is 4.14. The van der Waals surface area contributed by atoms with E-state index in [1.165, 1.54) is 0 Å². The molecule has 1 amide bonds. The molecule has 0 aromatic carbocycles. The molecule has 2 atom stereocenters. The van der Waals surface area contributed by atoms with E-state index in [2.05, 4.69) is 4.98 Å². The molecule has 1 aromatic rings. The van der Waals surface area contributed by atoms with E-state index in [0.717, 1.165) is 12.8 Å². The maximum absolute atomic E-state index is 13.0. The quantitative estimate of drug-likeness (QED) is 0.768. The van der Waals surface area contributed by atoms with Crippen molar-refractivity contribution in [1.82, 2.24) is 9.88 Å². The molecule has 2 bridgehead atoms. The Bertz CT molecular complexity index is 696. The second-order valence-electron chi connectivity index (χ2n) is 8.29. The predicted octanol–water partition coefficient (Wildman–Crippen LogP) is 3.76. The van der Waals surface area contributed by atoms with Crippen molar-refractivity contribution in [2.45, 2.75) is 71.1 Å². The zero-order valence-electron chi connectivity index (χ0n) is 16.2. The van der Waals surface area contributed by atoms with Gasteiger partial charge in [-0.05, 0) is 59.4 Å². The average Bonchev–Trinajstić information content (AvgIpc) is 2.83. The summed E-state index contributed by atoms with van der Waals surface area (Å²) in [5, 5.41) is 0. The van der Waals surface area contributed by atoms with Gasteiger partial charge in [0, 0.05) is 29.6 Å². The molecule has 6 nitrogen and oxygen atoms in total. The summed E-state index contributed by atoms with van der Waals surface area (Å²) in [6.07, 6.45) is 3.01. The average molecular weight is 360 g/mol. The Hall–Kier alpha value is -2.11. The Morgan fingerprint density at radius 3 is 2.27 bits per heavy atom. The summed E-state index contributed by atoms with van der Waals surface area (Å²) >= 11 is 0. The Morgan fingerprint density at radius 2 is 1.77 bits per heavy atom. The highest BCUT2D eigenvalue weighted by molar-refractivity contribution is 5.99. The van der Waals surface area contributed by atoms with Crippen LogP contribution >= 0.6 is 0 Å². The van der Waals surface area contributed by atoms with Gasteiger partial charge in [0.05, 0.1) is 12.8 Å². The number of carbonyl (C=O) groups is 2. The molecule has 2 aliphatic heterocycles. The number of ether oxygens (including phenoxy) is 2. The van der Waals surface area contributed by atoms with Gasteiger partial charge in [0.15, 0.2) is 5.78 Å². The molecule has 2 aliphatic rings. The number of pyridine rings is 1. The predicted molar refractivity (Wildman–Crippen MR) is 97.5 cm³/mol. The minimum Gasteiger partial charge on any atom is -0.481 e. The Balaban J connectivity index is 1.72. The van der Waals surface area contributed by atoms with Crippen molar-refractivity contribution in [3.8, 4) is 5.88 Å². The van der Waals surface area contributed by atoms with Crippen LogP contribution in [0.3, 0.4) is 0 Å². The first-order valence-corrected chi connectivity index (χ1v) is 9.26. The number of hydrogen-bond donors (Lipinski definition) is 0. The van der Waals surface area contributed by atoms with Gasteiger partial charge in [-0.1, -0.05) is 0 Å². The van der Waals surface area contributed by atoms with E-state index in [1.807, 2.05) is 32.6 Å². The van der Waals surface area contributed by atoms with E-state index in [-0.39, 0.29) is 29.9 Å². The molecule has 2 unspecified atom stereocenters.